The molecule has 0 saturated carbocycles. The molecule has 1 saturated heterocycles. The number of Topliss-reactive ketones (excluding diaryl/α,β-unsaturated/α-hetero) is 1. The molecular weight excluding hydrogens is 208 g/mol. The molecule has 0 aromatic rings. The van der Waals surface area contributed by atoms with E-state index in [0.717, 1.165) is 6.42 Å². The van der Waals surface area contributed by atoms with E-state index in [-0.39, 0.29) is 24.2 Å². The number of nitrogens with one attached hydrogen (secondary N) is 1. The zero-order chi connectivity index (χ0) is 9.84. The summed E-state index contributed by atoms with van der Waals surface area (Å²) in [5.41, 5.74) is 5.48. The molecule has 2 atom stereocenters. The van der Waals surface area contributed by atoms with Crippen LogP contribution in [0.15, 0.2) is 0 Å². The highest BCUT2D eigenvalue weighted by molar-refractivity contribution is 5.86. The van der Waals surface area contributed by atoms with Gasteiger partial charge in [-0.2, -0.15) is 0 Å². The molecular formula is C8H15ClN2O3. The number of halogens is 1. The smallest absolute Gasteiger partial charge is 0.223 e. The monoisotopic (exact) mass is 222 g/mol. The predicted octanol–water partition coefficient (Wildman–Crippen LogP) is -1.18. The van der Waals surface area contributed by atoms with E-state index >= 15 is 0 Å². The Labute approximate surface area is 88.4 Å². The SMILES string of the molecule is Cl.NC(CC1CCNC1=O)C(=O)CO. The molecule has 2 unspecified atom stereocenters. The Morgan fingerprint density at radius 1 is 1.71 bits per heavy atom. The largest absolute Gasteiger partial charge is 0.389 e. The summed E-state index contributed by atoms with van der Waals surface area (Å²) in [4.78, 5) is 22.0. The van der Waals surface area contributed by atoms with Crippen LogP contribution in [0.1, 0.15) is 12.8 Å². The lowest BCUT2D eigenvalue weighted by Crippen LogP contribution is -2.36. The Morgan fingerprint density at radius 3 is 2.79 bits per heavy atom. The summed E-state index contributed by atoms with van der Waals surface area (Å²) in [6.07, 6.45) is 1.07. The fourth-order valence-corrected chi connectivity index (χ4v) is 1.43. The van der Waals surface area contributed by atoms with Crippen LogP contribution in [0.3, 0.4) is 0 Å². The minimum atomic E-state index is -0.709. The number of carbonyl (C=O) groups is 2. The summed E-state index contributed by atoms with van der Waals surface area (Å²) in [6.45, 7) is 0.110. The van der Waals surface area contributed by atoms with Crippen LogP contribution < -0.4 is 11.1 Å². The third-order valence-corrected chi connectivity index (χ3v) is 2.27. The van der Waals surface area contributed by atoms with Crippen molar-refractivity contribution in [2.24, 2.45) is 11.7 Å². The molecule has 1 aliphatic rings. The molecule has 14 heavy (non-hydrogen) atoms. The molecule has 1 amide bonds. The van der Waals surface area contributed by atoms with Crippen LogP contribution in [0.4, 0.5) is 0 Å². The van der Waals surface area contributed by atoms with Gasteiger partial charge < -0.3 is 16.2 Å². The second-order valence-corrected chi connectivity index (χ2v) is 3.24. The summed E-state index contributed by atoms with van der Waals surface area (Å²) in [5.74, 6) is -0.605. The molecule has 1 rings (SSSR count). The van der Waals surface area contributed by atoms with Gasteiger partial charge in [0.1, 0.15) is 6.61 Å². The van der Waals surface area contributed by atoms with Crippen molar-refractivity contribution < 1.29 is 14.7 Å². The van der Waals surface area contributed by atoms with Crippen LogP contribution in [-0.2, 0) is 9.59 Å². The third-order valence-electron chi connectivity index (χ3n) is 2.27. The minimum absolute atomic E-state index is 0. The number of carbonyl (C=O) groups excluding carboxylic acids is 2. The van der Waals surface area contributed by atoms with Gasteiger partial charge in [-0.3, -0.25) is 9.59 Å². The van der Waals surface area contributed by atoms with Crippen LogP contribution in [0.2, 0.25) is 0 Å². The molecule has 0 aromatic carbocycles. The number of nitrogens with two attached hydrogens (primary N) is 1. The van der Waals surface area contributed by atoms with Crippen molar-refractivity contribution in [3.63, 3.8) is 0 Å². The van der Waals surface area contributed by atoms with Crippen molar-refractivity contribution >= 4 is 24.1 Å². The van der Waals surface area contributed by atoms with E-state index in [1.165, 1.54) is 0 Å². The molecule has 1 fully saturated rings. The van der Waals surface area contributed by atoms with Gasteiger partial charge in [-0.15, -0.1) is 12.4 Å². The van der Waals surface area contributed by atoms with Crippen LogP contribution in [0.25, 0.3) is 0 Å². The van der Waals surface area contributed by atoms with E-state index in [1.807, 2.05) is 0 Å². The highest BCUT2D eigenvalue weighted by Gasteiger charge is 2.27. The number of amides is 1. The van der Waals surface area contributed by atoms with Gasteiger partial charge in [-0.25, -0.2) is 0 Å². The average molecular weight is 223 g/mol. The first-order valence-electron chi connectivity index (χ1n) is 4.32. The molecule has 0 radical (unpaired) electrons. The van der Waals surface area contributed by atoms with Crippen molar-refractivity contribution in [2.45, 2.75) is 18.9 Å². The van der Waals surface area contributed by atoms with E-state index in [9.17, 15) is 9.59 Å². The van der Waals surface area contributed by atoms with Gasteiger partial charge in [0.15, 0.2) is 5.78 Å². The van der Waals surface area contributed by atoms with Crippen LogP contribution in [0, 0.1) is 5.92 Å². The lowest BCUT2D eigenvalue weighted by atomic mass is 9.97. The van der Waals surface area contributed by atoms with Crippen molar-refractivity contribution in [1.82, 2.24) is 5.32 Å². The maximum Gasteiger partial charge on any atom is 0.223 e. The van der Waals surface area contributed by atoms with Gasteiger partial charge in [0.25, 0.3) is 0 Å². The Balaban J connectivity index is 0.00000169. The van der Waals surface area contributed by atoms with E-state index < -0.39 is 18.4 Å². The molecule has 82 valence electrons. The molecule has 5 nitrogen and oxygen atoms in total. The number of aliphatic hydroxyl groups is 1. The predicted molar refractivity (Wildman–Crippen MR) is 53.0 cm³/mol. The molecule has 0 aromatic heterocycles. The van der Waals surface area contributed by atoms with Crippen LogP contribution in [-0.4, -0.2) is 36.0 Å². The minimum Gasteiger partial charge on any atom is -0.389 e. The number of hydrogen-bond donors (Lipinski definition) is 3. The van der Waals surface area contributed by atoms with Gasteiger partial charge in [0, 0.05) is 12.5 Å². The maximum absolute atomic E-state index is 11.1. The number of hydrogen-bond acceptors (Lipinski definition) is 4. The highest BCUT2D eigenvalue weighted by Crippen LogP contribution is 2.15. The van der Waals surface area contributed by atoms with E-state index in [4.69, 9.17) is 10.8 Å². The molecule has 4 N–H and O–H groups in total. The van der Waals surface area contributed by atoms with E-state index in [1.54, 1.807) is 0 Å². The normalized spacial score (nSPS) is 22.4. The summed E-state index contributed by atoms with van der Waals surface area (Å²) in [5, 5.41) is 11.2. The Morgan fingerprint density at radius 2 is 2.36 bits per heavy atom. The molecule has 0 bridgehead atoms. The highest BCUT2D eigenvalue weighted by atomic mass is 35.5. The summed E-state index contributed by atoms with van der Waals surface area (Å²) < 4.78 is 0. The maximum atomic E-state index is 11.1. The van der Waals surface area contributed by atoms with Gasteiger partial charge in [0.05, 0.1) is 6.04 Å². The first-order valence-corrected chi connectivity index (χ1v) is 4.32. The fraction of sp³-hybridized carbons (Fsp3) is 0.750. The van der Waals surface area contributed by atoms with E-state index in [0.29, 0.717) is 13.0 Å². The molecule has 0 aliphatic carbocycles. The molecule has 0 spiro atoms. The number of aliphatic hydroxyl groups excluding tert-OH is 1. The lowest BCUT2D eigenvalue weighted by Gasteiger charge is -2.11. The molecule has 1 aliphatic heterocycles. The molecule has 1 heterocycles. The zero-order valence-corrected chi connectivity index (χ0v) is 8.55. The second-order valence-electron chi connectivity index (χ2n) is 3.24. The zero-order valence-electron chi connectivity index (χ0n) is 7.73. The van der Waals surface area contributed by atoms with Gasteiger partial charge in [0.2, 0.25) is 5.91 Å². The van der Waals surface area contributed by atoms with Gasteiger partial charge in [-0.05, 0) is 12.8 Å². The van der Waals surface area contributed by atoms with Gasteiger partial charge in [-0.1, -0.05) is 0 Å². The van der Waals surface area contributed by atoms with Crippen molar-refractivity contribution in [3.8, 4) is 0 Å². The summed E-state index contributed by atoms with van der Waals surface area (Å²) >= 11 is 0. The summed E-state index contributed by atoms with van der Waals surface area (Å²) in [7, 11) is 0. The quantitative estimate of drug-likeness (QED) is 0.559. The second kappa shape index (κ2) is 5.95. The Hall–Kier alpha value is -0.650. The third kappa shape index (κ3) is 3.25. The first-order chi connectivity index (χ1) is 6.15. The fourth-order valence-electron chi connectivity index (χ4n) is 1.43. The average Bonchev–Trinajstić information content (AvgIpc) is 2.50. The Bertz CT molecular complexity index is 223. The lowest BCUT2D eigenvalue weighted by molar-refractivity contribution is -0.125. The van der Waals surface area contributed by atoms with Crippen molar-refractivity contribution in [2.75, 3.05) is 13.2 Å². The van der Waals surface area contributed by atoms with Crippen LogP contribution >= 0.6 is 12.4 Å². The number of ketones is 1. The first kappa shape index (κ1) is 13.4. The van der Waals surface area contributed by atoms with Crippen molar-refractivity contribution in [1.29, 1.82) is 0 Å². The van der Waals surface area contributed by atoms with Gasteiger partial charge >= 0.3 is 0 Å². The van der Waals surface area contributed by atoms with Crippen LogP contribution in [0.5, 0.6) is 0 Å². The topological polar surface area (TPSA) is 92.4 Å². The standard InChI is InChI=1S/C8H14N2O3.ClH/c9-6(7(12)4-11)3-5-1-2-10-8(5)13;/h5-6,11H,1-4,9H2,(H,10,13);1H. The molecule has 6 heteroatoms. The van der Waals surface area contributed by atoms with Crippen molar-refractivity contribution in [3.05, 3.63) is 0 Å². The Kier molecular flexibility index (Phi) is 5.68. The summed E-state index contributed by atoms with van der Waals surface area (Å²) in [6, 6.07) is -0.709. The van der Waals surface area contributed by atoms with E-state index in [2.05, 4.69) is 5.32 Å². The number of rotatable bonds is 4.